The third-order valence-electron chi connectivity index (χ3n) is 4.72. The Morgan fingerprint density at radius 3 is 2.52 bits per heavy atom. The van der Waals surface area contributed by atoms with Crippen LogP contribution in [0.2, 0.25) is 0 Å². The van der Waals surface area contributed by atoms with Crippen molar-refractivity contribution in [2.45, 2.75) is 6.54 Å². The number of hydrogen-bond acceptors (Lipinski definition) is 3. The average Bonchev–Trinajstić information content (AvgIpc) is 3.02. The molecule has 4 rings (SSSR count). The van der Waals surface area contributed by atoms with Crippen LogP contribution in [0.3, 0.4) is 0 Å². The van der Waals surface area contributed by atoms with Crippen molar-refractivity contribution in [1.82, 2.24) is 14.5 Å². The van der Waals surface area contributed by atoms with Crippen molar-refractivity contribution >= 4 is 16.7 Å². The Morgan fingerprint density at radius 1 is 0.957 bits per heavy atom. The van der Waals surface area contributed by atoms with Gasteiger partial charge in [0.15, 0.2) is 0 Å². The molecule has 0 bridgehead atoms. The Kier molecular flexibility index (Phi) is 3.75. The number of aromatic nitrogens is 2. The second kappa shape index (κ2) is 6.05. The van der Waals surface area contributed by atoms with Crippen LogP contribution in [0.25, 0.3) is 10.8 Å². The second-order valence-corrected chi connectivity index (χ2v) is 6.24. The summed E-state index contributed by atoms with van der Waals surface area (Å²) in [6.07, 6.45) is 3.88. The van der Waals surface area contributed by atoms with Crippen LogP contribution >= 0.6 is 0 Å². The first-order valence-corrected chi connectivity index (χ1v) is 8.22. The molecule has 118 valence electrons. The Hall–Kier alpha value is -2.33. The summed E-state index contributed by atoms with van der Waals surface area (Å²) >= 11 is 0. The van der Waals surface area contributed by atoms with Crippen molar-refractivity contribution in [2.75, 3.05) is 31.1 Å². The standard InChI is InChI=1S/C19H22N4/c1-21-10-9-20-19(21)23-13-11-22(12-14-23)15-17-7-4-6-16-5-2-3-8-18(16)17/h2-10H,11-15H2,1H3. The number of anilines is 1. The molecule has 1 aromatic heterocycles. The fourth-order valence-electron chi connectivity index (χ4n) is 3.44. The van der Waals surface area contributed by atoms with Gasteiger partial charge < -0.3 is 9.47 Å². The van der Waals surface area contributed by atoms with Crippen LogP contribution in [-0.2, 0) is 13.6 Å². The zero-order chi connectivity index (χ0) is 15.6. The van der Waals surface area contributed by atoms with Gasteiger partial charge in [-0.2, -0.15) is 0 Å². The molecule has 0 spiro atoms. The van der Waals surface area contributed by atoms with Gasteiger partial charge in [0.2, 0.25) is 5.95 Å². The molecule has 3 aromatic rings. The maximum absolute atomic E-state index is 4.46. The van der Waals surface area contributed by atoms with Crippen LogP contribution in [0.1, 0.15) is 5.56 Å². The first-order valence-electron chi connectivity index (χ1n) is 8.22. The molecule has 4 nitrogen and oxygen atoms in total. The van der Waals surface area contributed by atoms with E-state index in [0.717, 1.165) is 38.7 Å². The van der Waals surface area contributed by atoms with Crippen LogP contribution < -0.4 is 4.90 Å². The number of hydrogen-bond donors (Lipinski definition) is 0. The number of benzene rings is 2. The Morgan fingerprint density at radius 2 is 1.74 bits per heavy atom. The van der Waals surface area contributed by atoms with Gasteiger partial charge in [-0.3, -0.25) is 4.90 Å². The lowest BCUT2D eigenvalue weighted by atomic mass is 10.0. The Bertz CT molecular complexity index is 794. The molecule has 0 radical (unpaired) electrons. The van der Waals surface area contributed by atoms with E-state index < -0.39 is 0 Å². The van der Waals surface area contributed by atoms with E-state index in [1.807, 2.05) is 12.4 Å². The summed E-state index contributed by atoms with van der Waals surface area (Å²) in [6, 6.07) is 15.3. The lowest BCUT2D eigenvalue weighted by Gasteiger charge is -2.35. The van der Waals surface area contributed by atoms with Crippen molar-refractivity contribution in [3.8, 4) is 0 Å². The predicted octanol–water partition coefficient (Wildman–Crippen LogP) is 2.90. The van der Waals surface area contributed by atoms with E-state index in [9.17, 15) is 0 Å². The van der Waals surface area contributed by atoms with Gasteiger partial charge >= 0.3 is 0 Å². The molecule has 0 atom stereocenters. The van der Waals surface area contributed by atoms with Gasteiger partial charge in [0.25, 0.3) is 0 Å². The SMILES string of the molecule is Cn1ccnc1N1CCN(Cc2cccc3ccccc23)CC1. The number of aryl methyl sites for hydroxylation is 1. The van der Waals surface area contributed by atoms with Crippen molar-refractivity contribution in [3.63, 3.8) is 0 Å². The molecule has 0 aliphatic carbocycles. The summed E-state index contributed by atoms with van der Waals surface area (Å²) in [6.45, 7) is 5.26. The zero-order valence-electron chi connectivity index (χ0n) is 13.5. The fraction of sp³-hybridized carbons (Fsp3) is 0.316. The van der Waals surface area contributed by atoms with Gasteiger partial charge in [0, 0.05) is 52.2 Å². The lowest BCUT2D eigenvalue weighted by Crippen LogP contribution is -2.46. The first kappa shape index (κ1) is 14.3. The van der Waals surface area contributed by atoms with Crippen LogP contribution in [0, 0.1) is 0 Å². The fourth-order valence-corrected chi connectivity index (χ4v) is 3.44. The smallest absolute Gasteiger partial charge is 0.205 e. The van der Waals surface area contributed by atoms with E-state index >= 15 is 0 Å². The summed E-state index contributed by atoms with van der Waals surface area (Å²) in [5.41, 5.74) is 1.42. The zero-order valence-corrected chi connectivity index (χ0v) is 13.5. The molecule has 0 amide bonds. The highest BCUT2D eigenvalue weighted by molar-refractivity contribution is 5.85. The average molecular weight is 306 g/mol. The largest absolute Gasteiger partial charge is 0.340 e. The summed E-state index contributed by atoms with van der Waals surface area (Å²) in [5.74, 6) is 1.08. The van der Waals surface area contributed by atoms with Crippen molar-refractivity contribution in [3.05, 3.63) is 60.4 Å². The van der Waals surface area contributed by atoms with Crippen LogP contribution in [0.4, 0.5) is 5.95 Å². The van der Waals surface area contributed by atoms with Gasteiger partial charge in [-0.15, -0.1) is 0 Å². The van der Waals surface area contributed by atoms with Crippen LogP contribution in [0.5, 0.6) is 0 Å². The van der Waals surface area contributed by atoms with Gasteiger partial charge in [-0.25, -0.2) is 4.98 Å². The van der Waals surface area contributed by atoms with E-state index in [1.54, 1.807) is 0 Å². The quantitative estimate of drug-likeness (QED) is 0.743. The molecule has 0 saturated carbocycles. The highest BCUT2D eigenvalue weighted by atomic mass is 15.3. The van der Waals surface area contributed by atoms with E-state index in [2.05, 4.69) is 68.9 Å². The van der Waals surface area contributed by atoms with E-state index in [0.29, 0.717) is 0 Å². The third-order valence-corrected chi connectivity index (χ3v) is 4.72. The Labute approximate surface area is 137 Å². The number of rotatable bonds is 3. The monoisotopic (exact) mass is 306 g/mol. The normalized spacial score (nSPS) is 16.1. The Balaban J connectivity index is 1.46. The molecule has 4 heteroatoms. The molecule has 1 aliphatic rings. The van der Waals surface area contributed by atoms with Crippen molar-refractivity contribution < 1.29 is 0 Å². The first-order chi connectivity index (χ1) is 11.3. The van der Waals surface area contributed by atoms with Gasteiger partial charge in [0.05, 0.1) is 0 Å². The number of piperazine rings is 1. The minimum absolute atomic E-state index is 1.02. The number of fused-ring (bicyclic) bond motifs is 1. The topological polar surface area (TPSA) is 24.3 Å². The van der Waals surface area contributed by atoms with E-state index in [-0.39, 0.29) is 0 Å². The van der Waals surface area contributed by atoms with Gasteiger partial charge in [0.1, 0.15) is 0 Å². The summed E-state index contributed by atoms with van der Waals surface area (Å²) in [4.78, 5) is 9.38. The second-order valence-electron chi connectivity index (χ2n) is 6.24. The van der Waals surface area contributed by atoms with Crippen LogP contribution in [0.15, 0.2) is 54.9 Å². The molecular weight excluding hydrogens is 284 g/mol. The molecular formula is C19H22N4. The molecule has 2 heterocycles. The van der Waals surface area contributed by atoms with E-state index in [1.165, 1.54) is 16.3 Å². The molecule has 1 fully saturated rings. The van der Waals surface area contributed by atoms with Crippen molar-refractivity contribution in [2.24, 2.45) is 7.05 Å². The van der Waals surface area contributed by atoms with Crippen molar-refractivity contribution in [1.29, 1.82) is 0 Å². The predicted molar refractivity (Wildman–Crippen MR) is 94.6 cm³/mol. The number of imidazole rings is 1. The lowest BCUT2D eigenvalue weighted by molar-refractivity contribution is 0.249. The molecule has 1 saturated heterocycles. The molecule has 1 aliphatic heterocycles. The highest BCUT2D eigenvalue weighted by Gasteiger charge is 2.20. The van der Waals surface area contributed by atoms with Crippen LogP contribution in [-0.4, -0.2) is 40.6 Å². The molecule has 2 aromatic carbocycles. The maximum Gasteiger partial charge on any atom is 0.205 e. The number of nitrogens with zero attached hydrogens (tertiary/aromatic N) is 4. The third kappa shape index (κ3) is 2.82. The minimum atomic E-state index is 1.02. The molecule has 0 unspecified atom stereocenters. The molecule has 23 heavy (non-hydrogen) atoms. The summed E-state index contributed by atoms with van der Waals surface area (Å²) in [5, 5.41) is 2.71. The van der Waals surface area contributed by atoms with Gasteiger partial charge in [-0.05, 0) is 16.3 Å². The van der Waals surface area contributed by atoms with E-state index in [4.69, 9.17) is 0 Å². The minimum Gasteiger partial charge on any atom is -0.340 e. The van der Waals surface area contributed by atoms with Gasteiger partial charge in [-0.1, -0.05) is 42.5 Å². The molecule has 0 N–H and O–H groups in total. The maximum atomic E-state index is 4.46. The summed E-state index contributed by atoms with van der Waals surface area (Å²) < 4.78 is 2.10. The highest BCUT2D eigenvalue weighted by Crippen LogP contribution is 2.21. The summed E-state index contributed by atoms with van der Waals surface area (Å²) in [7, 11) is 2.06.